The van der Waals surface area contributed by atoms with E-state index in [2.05, 4.69) is 27.3 Å². The molecule has 0 unspecified atom stereocenters. The molecule has 26 heavy (non-hydrogen) atoms. The van der Waals surface area contributed by atoms with Crippen molar-refractivity contribution in [2.75, 3.05) is 27.2 Å². The smallest absolute Gasteiger partial charge is 0.387 e. The van der Waals surface area contributed by atoms with Gasteiger partial charge in [0.15, 0.2) is 5.96 Å². The van der Waals surface area contributed by atoms with Gasteiger partial charge in [0.05, 0.1) is 13.1 Å². The molecule has 0 spiro atoms. The number of benzene rings is 1. The van der Waals surface area contributed by atoms with Gasteiger partial charge in [-0.25, -0.2) is 4.99 Å². The summed E-state index contributed by atoms with van der Waals surface area (Å²) in [5, 5.41) is 6.10. The molecule has 0 fully saturated rings. The van der Waals surface area contributed by atoms with Crippen LogP contribution in [0.1, 0.15) is 30.9 Å². The zero-order valence-corrected chi connectivity index (χ0v) is 15.8. The van der Waals surface area contributed by atoms with Crippen molar-refractivity contribution < 1.29 is 18.3 Å². The van der Waals surface area contributed by atoms with Gasteiger partial charge in [0.25, 0.3) is 0 Å². The van der Waals surface area contributed by atoms with Crippen LogP contribution in [0.2, 0.25) is 0 Å². The maximum atomic E-state index is 12.6. The van der Waals surface area contributed by atoms with Crippen LogP contribution in [0.4, 0.5) is 8.78 Å². The zero-order chi connectivity index (χ0) is 19.5. The van der Waals surface area contributed by atoms with Crippen LogP contribution < -0.4 is 15.4 Å². The molecule has 6 nitrogen and oxygen atoms in total. The van der Waals surface area contributed by atoms with E-state index in [4.69, 9.17) is 0 Å². The quantitative estimate of drug-likeness (QED) is 0.398. The molecule has 1 aromatic rings. The Kier molecular flexibility index (Phi) is 9.40. The van der Waals surface area contributed by atoms with E-state index in [-0.39, 0.29) is 24.7 Å². The maximum absolute atomic E-state index is 12.6. The van der Waals surface area contributed by atoms with Gasteiger partial charge in [-0.1, -0.05) is 31.0 Å². The van der Waals surface area contributed by atoms with Gasteiger partial charge in [0.2, 0.25) is 5.91 Å². The van der Waals surface area contributed by atoms with E-state index in [0.717, 1.165) is 18.4 Å². The van der Waals surface area contributed by atoms with Gasteiger partial charge in [-0.05, 0) is 19.4 Å². The van der Waals surface area contributed by atoms with E-state index in [1.165, 1.54) is 11.0 Å². The van der Waals surface area contributed by atoms with E-state index in [0.29, 0.717) is 18.1 Å². The van der Waals surface area contributed by atoms with Crippen LogP contribution in [0.3, 0.4) is 0 Å². The fourth-order valence-corrected chi connectivity index (χ4v) is 2.08. The highest BCUT2D eigenvalue weighted by Gasteiger charge is 2.11. The molecule has 0 aromatic heterocycles. The first-order valence-electron chi connectivity index (χ1n) is 8.60. The minimum absolute atomic E-state index is 0.0905. The Balaban J connectivity index is 2.87. The standard InChI is InChI=1S/C18H28F2N4O2/c1-5-6-9-21-18(23-12-16(25)24(3)4)22-11-14-10-13(2)7-8-15(14)26-17(19)20/h7-8,10,17H,5-6,9,11-12H2,1-4H3,(H2,21,22,23). The zero-order valence-electron chi connectivity index (χ0n) is 15.8. The topological polar surface area (TPSA) is 66.0 Å². The van der Waals surface area contributed by atoms with Crippen LogP contribution in [-0.2, 0) is 11.3 Å². The van der Waals surface area contributed by atoms with E-state index in [9.17, 15) is 13.6 Å². The molecule has 2 N–H and O–H groups in total. The van der Waals surface area contributed by atoms with Gasteiger partial charge >= 0.3 is 6.61 Å². The lowest BCUT2D eigenvalue weighted by atomic mass is 10.1. The summed E-state index contributed by atoms with van der Waals surface area (Å²) in [6.07, 6.45) is 1.97. The normalized spacial score (nSPS) is 11.4. The van der Waals surface area contributed by atoms with Gasteiger partial charge in [-0.15, -0.1) is 0 Å². The van der Waals surface area contributed by atoms with Gasteiger partial charge in [0.1, 0.15) is 5.75 Å². The van der Waals surface area contributed by atoms with Crippen molar-refractivity contribution in [1.82, 2.24) is 15.5 Å². The number of aryl methyl sites for hydroxylation is 1. The fraction of sp³-hybridized carbons (Fsp3) is 0.556. The van der Waals surface area contributed by atoms with E-state index in [1.54, 1.807) is 26.2 Å². The van der Waals surface area contributed by atoms with Gasteiger partial charge in [0, 0.05) is 26.2 Å². The summed E-state index contributed by atoms with van der Waals surface area (Å²) in [6.45, 7) is 2.00. The molecule has 0 aliphatic carbocycles. The molecule has 1 amide bonds. The van der Waals surface area contributed by atoms with E-state index >= 15 is 0 Å². The minimum atomic E-state index is -2.89. The van der Waals surface area contributed by atoms with Crippen molar-refractivity contribution in [2.45, 2.75) is 39.8 Å². The average molecular weight is 370 g/mol. The summed E-state index contributed by atoms with van der Waals surface area (Å²) in [5.74, 6) is 0.469. The van der Waals surface area contributed by atoms with Crippen molar-refractivity contribution in [1.29, 1.82) is 0 Å². The summed E-state index contributed by atoms with van der Waals surface area (Å²) >= 11 is 0. The number of hydrogen-bond donors (Lipinski definition) is 2. The number of nitrogens with one attached hydrogen (secondary N) is 2. The lowest BCUT2D eigenvalue weighted by molar-refractivity contribution is -0.127. The number of ether oxygens (including phenoxy) is 1. The summed E-state index contributed by atoms with van der Waals surface area (Å²) < 4.78 is 29.7. The van der Waals surface area contributed by atoms with Crippen molar-refractivity contribution >= 4 is 11.9 Å². The van der Waals surface area contributed by atoms with Gasteiger partial charge < -0.3 is 20.3 Å². The van der Waals surface area contributed by atoms with Crippen LogP contribution in [0.15, 0.2) is 23.2 Å². The predicted molar refractivity (Wildman–Crippen MR) is 98.6 cm³/mol. The first-order valence-corrected chi connectivity index (χ1v) is 8.60. The predicted octanol–water partition coefficient (Wildman–Crippen LogP) is 2.52. The van der Waals surface area contributed by atoms with E-state index < -0.39 is 6.61 Å². The van der Waals surface area contributed by atoms with Gasteiger partial charge in [-0.3, -0.25) is 4.79 Å². The van der Waals surface area contributed by atoms with Crippen LogP contribution >= 0.6 is 0 Å². The number of hydrogen-bond acceptors (Lipinski definition) is 3. The molecular weight excluding hydrogens is 342 g/mol. The molecule has 0 heterocycles. The number of carbonyl (C=O) groups excluding carboxylic acids is 1. The van der Waals surface area contributed by atoms with Crippen molar-refractivity contribution in [2.24, 2.45) is 4.99 Å². The second-order valence-corrected chi connectivity index (χ2v) is 6.08. The van der Waals surface area contributed by atoms with Crippen LogP contribution in [0.5, 0.6) is 5.75 Å². The summed E-state index contributed by atoms with van der Waals surface area (Å²) in [4.78, 5) is 17.6. The minimum Gasteiger partial charge on any atom is -0.434 e. The molecular formula is C18H28F2N4O2. The Hall–Kier alpha value is -2.38. The second kappa shape index (κ2) is 11.3. The number of amides is 1. The molecule has 1 aromatic carbocycles. The number of alkyl halides is 2. The number of carbonyl (C=O) groups is 1. The third kappa shape index (κ3) is 8.13. The first-order chi connectivity index (χ1) is 12.3. The molecule has 0 atom stereocenters. The number of nitrogens with zero attached hydrogens (tertiary/aromatic N) is 2. The molecule has 1 rings (SSSR count). The Morgan fingerprint density at radius 1 is 1.31 bits per heavy atom. The van der Waals surface area contributed by atoms with Crippen LogP contribution in [-0.4, -0.2) is 50.6 Å². The highest BCUT2D eigenvalue weighted by atomic mass is 19.3. The van der Waals surface area contributed by atoms with E-state index in [1.807, 2.05) is 6.92 Å². The lowest BCUT2D eigenvalue weighted by Gasteiger charge is -2.15. The molecule has 0 bridgehead atoms. The SMILES string of the molecule is CCCCNC(=NCc1cc(C)ccc1OC(F)F)NCC(=O)N(C)C. The largest absolute Gasteiger partial charge is 0.434 e. The van der Waals surface area contributed by atoms with Gasteiger partial charge in [-0.2, -0.15) is 8.78 Å². The monoisotopic (exact) mass is 370 g/mol. The Morgan fingerprint density at radius 2 is 2.04 bits per heavy atom. The number of unbranched alkanes of at least 4 members (excludes halogenated alkanes) is 1. The lowest BCUT2D eigenvalue weighted by Crippen LogP contribution is -2.43. The summed E-state index contributed by atoms with van der Waals surface area (Å²) in [5.41, 5.74) is 1.48. The number of likely N-dealkylation sites (N-methyl/N-ethyl adjacent to an activating group) is 1. The average Bonchev–Trinajstić information content (AvgIpc) is 2.58. The second-order valence-electron chi connectivity index (χ2n) is 6.08. The summed E-state index contributed by atoms with van der Waals surface area (Å²) in [7, 11) is 3.35. The fourth-order valence-electron chi connectivity index (χ4n) is 2.08. The molecule has 0 aliphatic rings. The maximum Gasteiger partial charge on any atom is 0.387 e. The number of aliphatic imine (C=N–C) groups is 1. The Morgan fingerprint density at radius 3 is 2.65 bits per heavy atom. The van der Waals surface area contributed by atoms with Crippen LogP contribution in [0, 0.1) is 6.92 Å². The van der Waals surface area contributed by atoms with Crippen molar-refractivity contribution in [3.8, 4) is 5.75 Å². The number of guanidine groups is 1. The highest BCUT2D eigenvalue weighted by molar-refractivity contribution is 5.86. The van der Waals surface area contributed by atoms with Crippen molar-refractivity contribution in [3.63, 3.8) is 0 Å². The molecule has 8 heteroatoms. The number of halogens is 2. The molecule has 0 aliphatic heterocycles. The third-order valence-electron chi connectivity index (χ3n) is 3.57. The molecule has 146 valence electrons. The Labute approximate surface area is 153 Å². The molecule has 0 saturated heterocycles. The molecule has 0 radical (unpaired) electrons. The summed E-state index contributed by atoms with van der Waals surface area (Å²) in [6, 6.07) is 4.98. The first kappa shape index (κ1) is 21.7. The highest BCUT2D eigenvalue weighted by Crippen LogP contribution is 2.22. The third-order valence-corrected chi connectivity index (χ3v) is 3.57. The Bertz CT molecular complexity index is 607. The number of rotatable bonds is 9. The van der Waals surface area contributed by atoms with Crippen molar-refractivity contribution in [3.05, 3.63) is 29.3 Å². The van der Waals surface area contributed by atoms with Crippen LogP contribution in [0.25, 0.3) is 0 Å². The molecule has 0 saturated carbocycles.